The minimum absolute atomic E-state index is 0.0993. The van der Waals surface area contributed by atoms with Gasteiger partial charge in [0.05, 0.1) is 0 Å². The van der Waals surface area contributed by atoms with E-state index in [-0.39, 0.29) is 5.91 Å². The van der Waals surface area contributed by atoms with E-state index in [1.165, 1.54) is 0 Å². The molecule has 0 bridgehead atoms. The number of halogens is 1. The second-order valence-electron chi connectivity index (χ2n) is 4.09. The molecule has 0 radical (unpaired) electrons. The predicted molar refractivity (Wildman–Crippen MR) is 71.0 cm³/mol. The number of benzene rings is 1. The molecule has 0 heterocycles. The lowest BCUT2D eigenvalue weighted by molar-refractivity contribution is 0.0779. The van der Waals surface area contributed by atoms with Gasteiger partial charge in [0, 0.05) is 22.7 Å². The van der Waals surface area contributed by atoms with Crippen LogP contribution in [-0.2, 0) is 0 Å². The van der Waals surface area contributed by atoms with Crippen LogP contribution in [0.3, 0.4) is 0 Å². The van der Waals surface area contributed by atoms with Gasteiger partial charge in [-0.3, -0.25) is 4.79 Å². The lowest BCUT2D eigenvalue weighted by Gasteiger charge is -2.19. The lowest BCUT2D eigenvalue weighted by atomic mass is 10.1. The van der Waals surface area contributed by atoms with Crippen molar-refractivity contribution in [3.05, 3.63) is 33.4 Å². The van der Waals surface area contributed by atoms with Crippen molar-refractivity contribution in [3.63, 3.8) is 0 Å². The zero-order chi connectivity index (χ0) is 11.4. The van der Waals surface area contributed by atoms with Crippen molar-refractivity contribution in [3.8, 4) is 0 Å². The summed E-state index contributed by atoms with van der Waals surface area (Å²) in [7, 11) is 1.85. The first kappa shape index (κ1) is 12.5. The van der Waals surface area contributed by atoms with Crippen LogP contribution in [0.5, 0.6) is 0 Å². The van der Waals surface area contributed by atoms with E-state index in [4.69, 9.17) is 0 Å². The maximum atomic E-state index is 12.0. The Hall–Kier alpha value is -0.580. The smallest absolute Gasteiger partial charge is 0.253 e. The van der Waals surface area contributed by atoms with Crippen LogP contribution in [0.15, 0.2) is 24.3 Å². The van der Waals surface area contributed by atoms with Crippen LogP contribution in [0.2, 0.25) is 0 Å². The Labute approximate surface area is 105 Å². The molecule has 0 saturated heterocycles. The quantitative estimate of drug-likeness (QED) is 0.785. The summed E-state index contributed by atoms with van der Waals surface area (Å²) in [5.74, 6) is 0.601. The summed E-state index contributed by atoms with van der Waals surface area (Å²) in [6.45, 7) is 5.02. The average molecular weight is 317 g/mol. The maximum absolute atomic E-state index is 12.0. The van der Waals surface area contributed by atoms with Crippen LogP contribution < -0.4 is 0 Å². The molecule has 1 aromatic carbocycles. The van der Waals surface area contributed by atoms with Gasteiger partial charge in [-0.25, -0.2) is 0 Å². The Morgan fingerprint density at radius 1 is 1.47 bits per heavy atom. The van der Waals surface area contributed by atoms with Crippen molar-refractivity contribution in [2.45, 2.75) is 13.8 Å². The summed E-state index contributed by atoms with van der Waals surface area (Å²) >= 11 is 2.22. The van der Waals surface area contributed by atoms with Crippen molar-refractivity contribution in [2.24, 2.45) is 5.92 Å². The summed E-state index contributed by atoms with van der Waals surface area (Å²) in [6.07, 6.45) is 0. The molecule has 3 heteroatoms. The number of carbonyl (C=O) groups is 1. The summed E-state index contributed by atoms with van der Waals surface area (Å²) in [6, 6.07) is 7.68. The maximum Gasteiger partial charge on any atom is 0.253 e. The van der Waals surface area contributed by atoms with Gasteiger partial charge in [0.15, 0.2) is 0 Å². The topological polar surface area (TPSA) is 20.3 Å². The third-order valence-electron chi connectivity index (χ3n) is 2.06. The van der Waals surface area contributed by atoms with Crippen LogP contribution in [0, 0.1) is 9.49 Å². The molecule has 0 aliphatic carbocycles. The van der Waals surface area contributed by atoms with Crippen LogP contribution in [0.4, 0.5) is 0 Å². The Bertz CT molecular complexity index is 349. The highest BCUT2D eigenvalue weighted by Gasteiger charge is 2.12. The predicted octanol–water partition coefficient (Wildman–Crippen LogP) is 3.02. The lowest BCUT2D eigenvalue weighted by Crippen LogP contribution is -2.30. The number of nitrogens with zero attached hydrogens (tertiary/aromatic N) is 1. The fourth-order valence-electron chi connectivity index (χ4n) is 1.47. The van der Waals surface area contributed by atoms with E-state index in [2.05, 4.69) is 36.4 Å². The van der Waals surface area contributed by atoms with Gasteiger partial charge in [-0.1, -0.05) is 19.9 Å². The highest BCUT2D eigenvalue weighted by Crippen LogP contribution is 2.10. The highest BCUT2D eigenvalue weighted by atomic mass is 127. The SMILES string of the molecule is CC(C)CN(C)C(=O)c1cccc(I)c1. The van der Waals surface area contributed by atoms with Crippen LogP contribution in [0.25, 0.3) is 0 Å². The number of hydrogen-bond acceptors (Lipinski definition) is 1. The van der Waals surface area contributed by atoms with Crippen molar-refractivity contribution in [1.82, 2.24) is 4.90 Å². The first-order chi connectivity index (χ1) is 7.00. The summed E-state index contributed by atoms with van der Waals surface area (Å²) < 4.78 is 1.09. The molecule has 0 N–H and O–H groups in total. The molecule has 0 atom stereocenters. The zero-order valence-corrected chi connectivity index (χ0v) is 11.5. The van der Waals surface area contributed by atoms with Gasteiger partial charge in [0.1, 0.15) is 0 Å². The van der Waals surface area contributed by atoms with Crippen LogP contribution >= 0.6 is 22.6 Å². The molecule has 15 heavy (non-hydrogen) atoms. The van der Waals surface area contributed by atoms with Gasteiger partial charge in [-0.15, -0.1) is 0 Å². The van der Waals surface area contributed by atoms with Crippen molar-refractivity contribution in [1.29, 1.82) is 0 Å². The van der Waals surface area contributed by atoms with Gasteiger partial charge in [0.2, 0.25) is 0 Å². The van der Waals surface area contributed by atoms with E-state index < -0.39 is 0 Å². The molecule has 0 aromatic heterocycles. The molecule has 0 saturated carbocycles. The fraction of sp³-hybridized carbons (Fsp3) is 0.417. The van der Waals surface area contributed by atoms with E-state index >= 15 is 0 Å². The number of rotatable bonds is 3. The third kappa shape index (κ3) is 3.81. The number of carbonyl (C=O) groups excluding carboxylic acids is 1. The molecule has 0 aliphatic rings. The highest BCUT2D eigenvalue weighted by molar-refractivity contribution is 14.1. The van der Waals surface area contributed by atoms with Gasteiger partial charge in [-0.05, 0) is 46.7 Å². The number of hydrogen-bond donors (Lipinski definition) is 0. The van der Waals surface area contributed by atoms with E-state index in [9.17, 15) is 4.79 Å². The molecule has 1 aromatic rings. The first-order valence-corrected chi connectivity index (χ1v) is 6.09. The normalized spacial score (nSPS) is 10.5. The second kappa shape index (κ2) is 5.49. The molecule has 1 rings (SSSR count). The Balaban J connectivity index is 2.76. The van der Waals surface area contributed by atoms with Gasteiger partial charge < -0.3 is 4.90 Å². The average Bonchev–Trinajstić information content (AvgIpc) is 2.15. The van der Waals surface area contributed by atoms with E-state index in [0.717, 1.165) is 15.7 Å². The molecule has 82 valence electrons. The summed E-state index contributed by atoms with van der Waals surface area (Å²) in [5, 5.41) is 0. The zero-order valence-electron chi connectivity index (χ0n) is 9.33. The Kier molecular flexibility index (Phi) is 4.57. The van der Waals surface area contributed by atoms with Crippen molar-refractivity contribution >= 4 is 28.5 Å². The molecule has 1 amide bonds. The summed E-state index contributed by atoms with van der Waals surface area (Å²) in [4.78, 5) is 13.7. The largest absolute Gasteiger partial charge is 0.341 e. The van der Waals surface area contributed by atoms with E-state index in [1.807, 2.05) is 31.3 Å². The monoisotopic (exact) mass is 317 g/mol. The standard InChI is InChI=1S/C12H16INO/c1-9(2)8-14(3)12(15)10-5-4-6-11(13)7-10/h4-7,9H,8H2,1-3H3. The molecule has 0 aliphatic heterocycles. The minimum Gasteiger partial charge on any atom is -0.341 e. The molecule has 0 fully saturated rings. The molecule has 2 nitrogen and oxygen atoms in total. The van der Waals surface area contributed by atoms with E-state index in [1.54, 1.807) is 4.90 Å². The molecule has 0 unspecified atom stereocenters. The third-order valence-corrected chi connectivity index (χ3v) is 2.73. The van der Waals surface area contributed by atoms with Crippen molar-refractivity contribution < 1.29 is 4.79 Å². The van der Waals surface area contributed by atoms with Crippen LogP contribution in [0.1, 0.15) is 24.2 Å². The molecular weight excluding hydrogens is 301 g/mol. The fourth-order valence-corrected chi connectivity index (χ4v) is 2.02. The van der Waals surface area contributed by atoms with Gasteiger partial charge >= 0.3 is 0 Å². The summed E-state index contributed by atoms with van der Waals surface area (Å²) in [5.41, 5.74) is 0.769. The van der Waals surface area contributed by atoms with Gasteiger partial charge in [-0.2, -0.15) is 0 Å². The molecular formula is C12H16INO. The van der Waals surface area contributed by atoms with E-state index in [0.29, 0.717) is 5.92 Å². The minimum atomic E-state index is 0.0993. The Morgan fingerprint density at radius 3 is 2.67 bits per heavy atom. The van der Waals surface area contributed by atoms with Gasteiger partial charge in [0.25, 0.3) is 5.91 Å². The van der Waals surface area contributed by atoms with Crippen molar-refractivity contribution in [2.75, 3.05) is 13.6 Å². The second-order valence-corrected chi connectivity index (χ2v) is 5.34. The first-order valence-electron chi connectivity index (χ1n) is 5.01. The molecule has 0 spiro atoms. The Morgan fingerprint density at radius 2 is 2.13 bits per heavy atom. The number of amides is 1. The van der Waals surface area contributed by atoms with Crippen LogP contribution in [-0.4, -0.2) is 24.4 Å².